The van der Waals surface area contributed by atoms with Gasteiger partial charge in [0.25, 0.3) is 0 Å². The summed E-state index contributed by atoms with van der Waals surface area (Å²) in [5.41, 5.74) is 0. The van der Waals surface area contributed by atoms with E-state index in [2.05, 4.69) is 5.10 Å². The lowest BCUT2D eigenvalue weighted by atomic mass is 10.7. The molecule has 0 aliphatic rings. The van der Waals surface area contributed by atoms with Crippen molar-refractivity contribution < 1.29 is 4.74 Å². The van der Waals surface area contributed by atoms with E-state index in [1.54, 1.807) is 6.92 Å². The molecule has 42 valence electrons. The van der Waals surface area contributed by atoms with Crippen molar-refractivity contribution in [3.8, 4) is 0 Å². The molecule has 0 rings (SSSR count). The Morgan fingerprint density at radius 2 is 2.43 bits per heavy atom. The molecule has 3 nitrogen and oxygen atoms in total. The molecule has 0 aromatic rings. The molecule has 0 unspecified atom stereocenters. The minimum atomic E-state index is 0.530. The Morgan fingerprint density at radius 1 is 1.86 bits per heavy atom. The minimum absolute atomic E-state index is 0.530. The van der Waals surface area contributed by atoms with Gasteiger partial charge < -0.3 is 10.6 Å². The maximum Gasteiger partial charge on any atom is 0.202 e. The van der Waals surface area contributed by atoms with Crippen molar-refractivity contribution in [1.82, 2.24) is 0 Å². The van der Waals surface area contributed by atoms with Gasteiger partial charge in [0.2, 0.25) is 5.90 Å². The molecular weight excluding hydrogens is 92.1 g/mol. The van der Waals surface area contributed by atoms with E-state index < -0.39 is 0 Å². The van der Waals surface area contributed by atoms with Crippen LogP contribution in [0.2, 0.25) is 0 Å². The van der Waals surface area contributed by atoms with Gasteiger partial charge in [0.15, 0.2) is 0 Å². The highest BCUT2D eigenvalue weighted by Crippen LogP contribution is 1.74. The minimum Gasteiger partial charge on any atom is -0.480 e. The summed E-state index contributed by atoms with van der Waals surface area (Å²) in [6.07, 6.45) is 0. The molecule has 0 aliphatic heterocycles. The first kappa shape index (κ1) is 6.27. The highest BCUT2D eigenvalue weighted by Gasteiger charge is 1.80. The van der Waals surface area contributed by atoms with Gasteiger partial charge in [-0.15, -0.1) is 5.10 Å². The van der Waals surface area contributed by atoms with Crippen LogP contribution in [0.5, 0.6) is 0 Å². The van der Waals surface area contributed by atoms with Crippen molar-refractivity contribution in [3.63, 3.8) is 0 Å². The highest BCUT2D eigenvalue weighted by atomic mass is 16.5. The number of nitrogens with two attached hydrogens (primary N) is 1. The van der Waals surface area contributed by atoms with E-state index in [4.69, 9.17) is 10.6 Å². The monoisotopic (exact) mass is 102 g/mol. The molecule has 0 saturated carbocycles. The van der Waals surface area contributed by atoms with Gasteiger partial charge in [-0.25, -0.2) is 0 Å². The van der Waals surface area contributed by atoms with Crippen LogP contribution in [0.15, 0.2) is 5.10 Å². The van der Waals surface area contributed by atoms with Crippen molar-refractivity contribution in [2.24, 2.45) is 10.9 Å². The maximum atomic E-state index is 4.82. The topological polar surface area (TPSA) is 47.6 Å². The smallest absolute Gasteiger partial charge is 0.202 e. The van der Waals surface area contributed by atoms with Crippen LogP contribution in [0.3, 0.4) is 0 Å². The fraction of sp³-hybridized carbons (Fsp3) is 0.750. The molecule has 2 N–H and O–H groups in total. The van der Waals surface area contributed by atoms with Gasteiger partial charge in [-0.1, -0.05) is 0 Å². The van der Waals surface area contributed by atoms with E-state index in [9.17, 15) is 0 Å². The van der Waals surface area contributed by atoms with Gasteiger partial charge >= 0.3 is 0 Å². The molecule has 0 atom stereocenters. The number of rotatable bonds is 1. The predicted molar refractivity (Wildman–Crippen MR) is 28.9 cm³/mol. The van der Waals surface area contributed by atoms with Crippen LogP contribution in [0.1, 0.15) is 13.8 Å². The Labute approximate surface area is 43.2 Å². The Morgan fingerprint density at radius 3 is 2.57 bits per heavy atom. The second kappa shape index (κ2) is 3.46. The molecular formula is C4H10N2O. The third-order valence-corrected chi connectivity index (χ3v) is 0.535. The van der Waals surface area contributed by atoms with E-state index in [-0.39, 0.29) is 0 Å². The van der Waals surface area contributed by atoms with Crippen LogP contribution >= 0.6 is 0 Å². The summed E-state index contributed by atoms with van der Waals surface area (Å²) in [7, 11) is 0. The number of ether oxygens (including phenoxy) is 1. The van der Waals surface area contributed by atoms with E-state index in [0.29, 0.717) is 12.5 Å². The van der Waals surface area contributed by atoms with Gasteiger partial charge in [-0.05, 0) is 6.92 Å². The quantitative estimate of drug-likeness (QED) is 0.224. The lowest BCUT2D eigenvalue weighted by molar-refractivity contribution is 0.323. The van der Waals surface area contributed by atoms with Gasteiger partial charge in [0.05, 0.1) is 6.61 Å². The normalized spacial score (nSPS) is 11.4. The molecule has 0 bridgehead atoms. The summed E-state index contributed by atoms with van der Waals surface area (Å²) in [4.78, 5) is 0. The third-order valence-electron chi connectivity index (χ3n) is 0.535. The van der Waals surface area contributed by atoms with Crippen molar-refractivity contribution in [1.29, 1.82) is 0 Å². The predicted octanol–water partition coefficient (Wildman–Crippen LogP) is 0.315. The van der Waals surface area contributed by atoms with Crippen molar-refractivity contribution in [3.05, 3.63) is 0 Å². The van der Waals surface area contributed by atoms with E-state index in [1.807, 2.05) is 6.92 Å². The van der Waals surface area contributed by atoms with Gasteiger partial charge in [-0.3, -0.25) is 0 Å². The lowest BCUT2D eigenvalue weighted by Gasteiger charge is -1.95. The average molecular weight is 102 g/mol. The Balaban J connectivity index is 3.17. The van der Waals surface area contributed by atoms with Crippen molar-refractivity contribution in [2.75, 3.05) is 6.61 Å². The van der Waals surface area contributed by atoms with Gasteiger partial charge in [0, 0.05) is 6.92 Å². The van der Waals surface area contributed by atoms with Gasteiger partial charge in [-0.2, -0.15) is 0 Å². The number of hydrogen-bond acceptors (Lipinski definition) is 3. The van der Waals surface area contributed by atoms with Crippen LogP contribution < -0.4 is 5.84 Å². The molecule has 0 aromatic heterocycles. The van der Waals surface area contributed by atoms with Crippen LogP contribution in [-0.4, -0.2) is 12.5 Å². The van der Waals surface area contributed by atoms with E-state index >= 15 is 0 Å². The molecule has 0 fully saturated rings. The first-order valence-electron chi connectivity index (χ1n) is 2.18. The summed E-state index contributed by atoms with van der Waals surface area (Å²) < 4.78 is 4.82. The second-order valence-electron chi connectivity index (χ2n) is 1.08. The molecule has 0 aliphatic carbocycles. The fourth-order valence-electron chi connectivity index (χ4n) is 0.246. The average Bonchev–Trinajstić information content (AvgIpc) is 1.68. The molecule has 0 spiro atoms. The molecule has 0 saturated heterocycles. The summed E-state index contributed by atoms with van der Waals surface area (Å²) >= 11 is 0. The standard InChI is InChI=1S/C4H10N2O/c1-3-7-4(2)6-5/h3,5H2,1-2H3/b6-4+. The molecule has 0 amide bonds. The lowest BCUT2D eigenvalue weighted by Crippen LogP contribution is -2.01. The summed E-state index contributed by atoms with van der Waals surface area (Å²) in [5, 5.41) is 3.27. The van der Waals surface area contributed by atoms with Crippen LogP contribution in [0.25, 0.3) is 0 Å². The summed E-state index contributed by atoms with van der Waals surface area (Å²) in [6, 6.07) is 0. The van der Waals surface area contributed by atoms with E-state index in [1.165, 1.54) is 0 Å². The molecule has 0 radical (unpaired) electrons. The summed E-state index contributed by atoms with van der Waals surface area (Å²) in [6.45, 7) is 4.23. The van der Waals surface area contributed by atoms with Crippen LogP contribution in [0.4, 0.5) is 0 Å². The zero-order valence-electron chi connectivity index (χ0n) is 4.64. The summed E-state index contributed by atoms with van der Waals surface area (Å²) in [5.74, 6) is 5.35. The van der Waals surface area contributed by atoms with Crippen molar-refractivity contribution >= 4 is 5.90 Å². The Bertz CT molecular complexity index is 70.1. The van der Waals surface area contributed by atoms with Gasteiger partial charge in [0.1, 0.15) is 0 Å². The molecule has 3 heteroatoms. The zero-order valence-corrected chi connectivity index (χ0v) is 4.64. The maximum absolute atomic E-state index is 4.82. The SMILES string of the molecule is CCO/C(C)=N/N. The van der Waals surface area contributed by atoms with E-state index in [0.717, 1.165) is 0 Å². The largest absolute Gasteiger partial charge is 0.480 e. The molecule has 0 heterocycles. The number of hydrogen-bond donors (Lipinski definition) is 1. The highest BCUT2D eigenvalue weighted by molar-refractivity contribution is 5.72. The van der Waals surface area contributed by atoms with Crippen molar-refractivity contribution in [2.45, 2.75) is 13.8 Å². The molecule has 7 heavy (non-hydrogen) atoms. The second-order valence-corrected chi connectivity index (χ2v) is 1.08. The molecule has 0 aromatic carbocycles. The first-order chi connectivity index (χ1) is 3.31. The Kier molecular flexibility index (Phi) is 3.10. The fourth-order valence-corrected chi connectivity index (χ4v) is 0.246. The van der Waals surface area contributed by atoms with Crippen LogP contribution in [0, 0.1) is 0 Å². The first-order valence-corrected chi connectivity index (χ1v) is 2.18. The Hall–Kier alpha value is -0.730. The number of hydrazone groups is 1. The zero-order chi connectivity index (χ0) is 5.70. The third kappa shape index (κ3) is 3.09. The number of nitrogens with zero attached hydrogens (tertiary/aromatic N) is 1. The van der Waals surface area contributed by atoms with Crippen LogP contribution in [-0.2, 0) is 4.74 Å².